The van der Waals surface area contributed by atoms with Crippen molar-refractivity contribution in [1.82, 2.24) is 0 Å². The zero-order valence-electron chi connectivity index (χ0n) is 11.3. The largest absolute Gasteiger partial charge is 0.146 e. The van der Waals surface area contributed by atoms with Crippen molar-refractivity contribution in [3.8, 4) is 0 Å². The Hall–Kier alpha value is -0.900. The van der Waals surface area contributed by atoms with Crippen molar-refractivity contribution in [3.63, 3.8) is 0 Å². The number of rotatable bonds is 4. The van der Waals surface area contributed by atoms with Crippen LogP contribution in [0.1, 0.15) is 26.4 Å². The van der Waals surface area contributed by atoms with E-state index in [0.717, 1.165) is 6.42 Å². The normalized spacial score (nSPS) is 12.3. The van der Waals surface area contributed by atoms with E-state index < -0.39 is 0 Å². The number of thiophene rings is 1. The Morgan fingerprint density at radius 3 is 2.14 bits per heavy atom. The molecule has 1 heterocycles. The Bertz CT molecular complexity index is 702. The van der Waals surface area contributed by atoms with Gasteiger partial charge < -0.3 is 0 Å². The lowest BCUT2D eigenvalue weighted by atomic mass is 10.0. The van der Waals surface area contributed by atoms with Gasteiger partial charge in [-0.1, -0.05) is 70.5 Å². The van der Waals surface area contributed by atoms with Crippen LogP contribution in [0, 0.1) is 0 Å². The summed E-state index contributed by atoms with van der Waals surface area (Å²) in [6, 6.07) is 21.5. The molecule has 1 aromatic heterocycles. The monoisotopic (exact) mass is 420 g/mol. The first-order valence-electron chi connectivity index (χ1n) is 6.74. The van der Waals surface area contributed by atoms with Gasteiger partial charge in [0.25, 0.3) is 0 Å². The van der Waals surface area contributed by atoms with Gasteiger partial charge in [0.1, 0.15) is 0 Å². The second kappa shape index (κ2) is 6.91. The summed E-state index contributed by atoms with van der Waals surface area (Å²) >= 11 is 9.16. The molecule has 3 heteroatoms. The number of benzene rings is 2. The molecule has 0 saturated carbocycles. The molecule has 1 unspecified atom stereocenters. The van der Waals surface area contributed by atoms with E-state index in [0.29, 0.717) is 0 Å². The summed E-state index contributed by atoms with van der Waals surface area (Å²) in [6.07, 6.45) is 0.983. The van der Waals surface area contributed by atoms with E-state index >= 15 is 0 Å². The van der Waals surface area contributed by atoms with Gasteiger partial charge in [0.2, 0.25) is 0 Å². The molecule has 3 aromatic rings. The minimum atomic E-state index is 0.248. The molecule has 0 saturated heterocycles. The van der Waals surface area contributed by atoms with Crippen LogP contribution >= 0.6 is 43.2 Å². The zero-order chi connectivity index (χ0) is 14.7. The quantitative estimate of drug-likeness (QED) is 0.417. The Labute approximate surface area is 146 Å². The summed E-state index contributed by atoms with van der Waals surface area (Å²) in [5.74, 6) is 0. The summed E-state index contributed by atoms with van der Waals surface area (Å²) in [6.45, 7) is 0. The van der Waals surface area contributed by atoms with Crippen molar-refractivity contribution in [3.05, 3.63) is 92.1 Å². The van der Waals surface area contributed by atoms with Crippen LogP contribution in [0.15, 0.2) is 70.5 Å². The molecule has 21 heavy (non-hydrogen) atoms. The Morgan fingerprint density at radius 1 is 0.857 bits per heavy atom. The van der Waals surface area contributed by atoms with Crippen LogP contribution in [-0.2, 0) is 6.42 Å². The van der Waals surface area contributed by atoms with E-state index in [1.54, 1.807) is 11.3 Å². The van der Waals surface area contributed by atoms with Crippen LogP contribution in [0.4, 0.5) is 0 Å². The fourth-order valence-electron chi connectivity index (χ4n) is 2.27. The number of hydrogen-bond donors (Lipinski definition) is 0. The summed E-state index contributed by atoms with van der Waals surface area (Å²) in [5.41, 5.74) is 3.98. The fraction of sp³-hybridized carbons (Fsp3) is 0.111. The molecule has 0 aliphatic heterocycles. The standard InChI is InChI=1S/C18H14Br2S/c19-16-10-11-21-18(16)17(20)15-8-6-14(7-9-15)12-13-4-2-1-3-5-13/h1-11,17H,12H2. The van der Waals surface area contributed by atoms with E-state index in [-0.39, 0.29) is 4.83 Å². The Morgan fingerprint density at radius 2 is 1.52 bits per heavy atom. The first kappa shape index (κ1) is 15.0. The van der Waals surface area contributed by atoms with Crippen LogP contribution in [0.5, 0.6) is 0 Å². The van der Waals surface area contributed by atoms with Gasteiger partial charge in [-0.25, -0.2) is 0 Å². The molecule has 0 radical (unpaired) electrons. The lowest BCUT2D eigenvalue weighted by Crippen LogP contribution is -1.92. The predicted molar refractivity (Wildman–Crippen MR) is 98.5 cm³/mol. The van der Waals surface area contributed by atoms with E-state index in [9.17, 15) is 0 Å². The Kier molecular flexibility index (Phi) is 4.94. The third-order valence-electron chi connectivity index (χ3n) is 3.40. The molecule has 0 fully saturated rings. The van der Waals surface area contributed by atoms with Gasteiger partial charge in [-0.15, -0.1) is 11.3 Å². The summed E-state index contributed by atoms with van der Waals surface area (Å²) < 4.78 is 1.17. The third kappa shape index (κ3) is 3.65. The van der Waals surface area contributed by atoms with Crippen molar-refractivity contribution in [2.75, 3.05) is 0 Å². The summed E-state index contributed by atoms with van der Waals surface area (Å²) in [5, 5.41) is 2.11. The van der Waals surface area contributed by atoms with Crippen LogP contribution < -0.4 is 0 Å². The van der Waals surface area contributed by atoms with Crippen molar-refractivity contribution >= 4 is 43.2 Å². The topological polar surface area (TPSA) is 0 Å². The fourth-order valence-corrected chi connectivity index (χ4v) is 5.06. The second-order valence-corrected chi connectivity index (χ2v) is 7.62. The maximum atomic E-state index is 3.80. The molecule has 0 amide bonds. The molecule has 0 aliphatic carbocycles. The minimum absolute atomic E-state index is 0.248. The summed E-state index contributed by atoms with van der Waals surface area (Å²) in [4.78, 5) is 1.56. The highest BCUT2D eigenvalue weighted by Gasteiger charge is 2.14. The maximum Gasteiger partial charge on any atom is 0.0749 e. The highest BCUT2D eigenvalue weighted by atomic mass is 79.9. The lowest BCUT2D eigenvalue weighted by molar-refractivity contribution is 1.16. The summed E-state index contributed by atoms with van der Waals surface area (Å²) in [7, 11) is 0. The van der Waals surface area contributed by atoms with Gasteiger partial charge in [0.05, 0.1) is 4.83 Å². The van der Waals surface area contributed by atoms with Crippen molar-refractivity contribution in [2.45, 2.75) is 11.2 Å². The highest BCUT2D eigenvalue weighted by molar-refractivity contribution is 9.11. The minimum Gasteiger partial charge on any atom is -0.146 e. The first-order chi connectivity index (χ1) is 10.2. The van der Waals surface area contributed by atoms with Gasteiger partial charge in [0.15, 0.2) is 0 Å². The molecule has 106 valence electrons. The molecule has 0 bridgehead atoms. The van der Waals surface area contributed by atoms with E-state index in [4.69, 9.17) is 0 Å². The van der Waals surface area contributed by atoms with E-state index in [2.05, 4.69) is 97.9 Å². The maximum absolute atomic E-state index is 3.80. The smallest absolute Gasteiger partial charge is 0.0749 e. The van der Waals surface area contributed by atoms with Gasteiger partial charge in [-0.3, -0.25) is 0 Å². The van der Waals surface area contributed by atoms with Crippen LogP contribution in [0.3, 0.4) is 0 Å². The third-order valence-corrected chi connectivity index (χ3v) is 6.62. The average Bonchev–Trinajstić information content (AvgIpc) is 2.94. The predicted octanol–water partition coefficient (Wildman–Crippen LogP) is 6.59. The molecule has 0 N–H and O–H groups in total. The van der Waals surface area contributed by atoms with E-state index in [1.807, 2.05) is 0 Å². The van der Waals surface area contributed by atoms with Crippen molar-refractivity contribution in [1.29, 1.82) is 0 Å². The van der Waals surface area contributed by atoms with Crippen LogP contribution in [0.25, 0.3) is 0 Å². The number of halogens is 2. The van der Waals surface area contributed by atoms with Gasteiger partial charge >= 0.3 is 0 Å². The molecule has 0 aliphatic rings. The number of hydrogen-bond acceptors (Lipinski definition) is 1. The van der Waals surface area contributed by atoms with Crippen molar-refractivity contribution < 1.29 is 0 Å². The number of alkyl halides is 1. The SMILES string of the molecule is Brc1ccsc1C(Br)c1ccc(Cc2ccccc2)cc1. The van der Waals surface area contributed by atoms with Crippen LogP contribution in [0.2, 0.25) is 0 Å². The molecular formula is C18H14Br2S. The highest BCUT2D eigenvalue weighted by Crippen LogP contribution is 2.38. The molecule has 2 aromatic carbocycles. The average molecular weight is 422 g/mol. The lowest BCUT2D eigenvalue weighted by Gasteiger charge is -2.10. The molecule has 0 nitrogen and oxygen atoms in total. The molecule has 0 spiro atoms. The van der Waals surface area contributed by atoms with Crippen LogP contribution in [-0.4, -0.2) is 0 Å². The molecular weight excluding hydrogens is 408 g/mol. The zero-order valence-corrected chi connectivity index (χ0v) is 15.3. The van der Waals surface area contributed by atoms with Crippen molar-refractivity contribution in [2.24, 2.45) is 0 Å². The van der Waals surface area contributed by atoms with Gasteiger partial charge in [-0.2, -0.15) is 0 Å². The second-order valence-electron chi connectivity index (χ2n) is 4.90. The molecule has 1 atom stereocenters. The Balaban J connectivity index is 1.77. The first-order valence-corrected chi connectivity index (χ1v) is 9.32. The van der Waals surface area contributed by atoms with Gasteiger partial charge in [-0.05, 0) is 50.5 Å². The van der Waals surface area contributed by atoms with Gasteiger partial charge in [0, 0.05) is 9.35 Å². The van der Waals surface area contributed by atoms with E-state index in [1.165, 1.54) is 26.0 Å². The molecule has 3 rings (SSSR count).